The number of nitrogens with one attached hydrogen (secondary N) is 2. The molecule has 1 saturated heterocycles. The second-order valence-corrected chi connectivity index (χ2v) is 7.26. The maximum Gasteiger partial charge on any atom is 0.254 e. The standard InChI is InChI=1S/C22H22N4O3/c1-14-13-25(22(29)16-6-4-3-5-7-16)10-11-26(14)21(28)15(2)18-12-23-20-17(18)8-9-19(27)24-20/h3-9,12,14H,2,10-11,13H2,1H3,(H2,23,24,27)/t14-/m1/s1. The Labute approximate surface area is 167 Å². The predicted molar refractivity (Wildman–Crippen MR) is 111 cm³/mol. The number of amides is 2. The molecule has 1 aliphatic rings. The highest BCUT2D eigenvalue weighted by molar-refractivity contribution is 6.21. The second-order valence-electron chi connectivity index (χ2n) is 7.26. The largest absolute Gasteiger partial charge is 0.347 e. The van der Waals surface area contributed by atoms with Crippen LogP contribution in [-0.4, -0.2) is 57.3 Å². The summed E-state index contributed by atoms with van der Waals surface area (Å²) in [6.07, 6.45) is 1.68. The summed E-state index contributed by atoms with van der Waals surface area (Å²) in [7, 11) is 0. The molecule has 3 aromatic rings. The molecule has 0 aliphatic carbocycles. The van der Waals surface area contributed by atoms with Gasteiger partial charge in [-0.1, -0.05) is 24.8 Å². The number of rotatable bonds is 3. The Hall–Kier alpha value is -3.61. The zero-order valence-corrected chi connectivity index (χ0v) is 16.1. The van der Waals surface area contributed by atoms with Gasteiger partial charge in [-0.25, -0.2) is 0 Å². The molecule has 0 saturated carbocycles. The van der Waals surface area contributed by atoms with Crippen LogP contribution in [0.25, 0.3) is 16.6 Å². The van der Waals surface area contributed by atoms with Crippen LogP contribution in [0.5, 0.6) is 0 Å². The third-order valence-electron chi connectivity index (χ3n) is 5.35. The van der Waals surface area contributed by atoms with Crippen molar-refractivity contribution in [1.29, 1.82) is 0 Å². The van der Waals surface area contributed by atoms with Gasteiger partial charge in [0.1, 0.15) is 5.65 Å². The molecule has 1 atom stereocenters. The van der Waals surface area contributed by atoms with Gasteiger partial charge in [-0.2, -0.15) is 0 Å². The number of hydrogen-bond donors (Lipinski definition) is 2. The van der Waals surface area contributed by atoms with E-state index in [9.17, 15) is 14.4 Å². The number of pyridine rings is 1. The van der Waals surface area contributed by atoms with E-state index < -0.39 is 0 Å². The normalized spacial score (nSPS) is 16.8. The van der Waals surface area contributed by atoms with Crippen LogP contribution in [0.2, 0.25) is 0 Å². The number of carbonyl (C=O) groups excluding carboxylic acids is 2. The molecule has 1 aromatic carbocycles. The lowest BCUT2D eigenvalue weighted by molar-refractivity contribution is -0.128. The Morgan fingerprint density at radius 3 is 2.59 bits per heavy atom. The van der Waals surface area contributed by atoms with E-state index in [0.717, 1.165) is 5.39 Å². The molecule has 2 amide bonds. The number of benzene rings is 1. The Kier molecular flexibility index (Phi) is 4.80. The van der Waals surface area contributed by atoms with Crippen LogP contribution >= 0.6 is 0 Å². The third-order valence-corrected chi connectivity index (χ3v) is 5.35. The summed E-state index contributed by atoms with van der Waals surface area (Å²) in [6, 6.07) is 12.1. The lowest BCUT2D eigenvalue weighted by atomic mass is 10.0. The summed E-state index contributed by atoms with van der Waals surface area (Å²) < 4.78 is 0. The van der Waals surface area contributed by atoms with E-state index in [0.29, 0.717) is 42.0 Å². The smallest absolute Gasteiger partial charge is 0.254 e. The quantitative estimate of drug-likeness (QED) is 0.672. The van der Waals surface area contributed by atoms with Crippen molar-refractivity contribution in [3.63, 3.8) is 0 Å². The maximum absolute atomic E-state index is 13.1. The second kappa shape index (κ2) is 7.43. The fourth-order valence-corrected chi connectivity index (χ4v) is 3.78. The summed E-state index contributed by atoms with van der Waals surface area (Å²) in [4.78, 5) is 46.5. The van der Waals surface area contributed by atoms with Crippen molar-refractivity contribution in [2.24, 2.45) is 0 Å². The molecule has 2 aromatic heterocycles. The van der Waals surface area contributed by atoms with Crippen molar-refractivity contribution < 1.29 is 9.59 Å². The SMILES string of the molecule is C=C(C(=O)N1CCN(C(=O)c2ccccc2)C[C@H]1C)c1c[nH]c2[nH]c(=O)ccc12. The van der Waals surface area contributed by atoms with Crippen molar-refractivity contribution >= 4 is 28.4 Å². The van der Waals surface area contributed by atoms with E-state index in [4.69, 9.17) is 0 Å². The van der Waals surface area contributed by atoms with Crippen molar-refractivity contribution in [2.75, 3.05) is 19.6 Å². The summed E-state index contributed by atoms with van der Waals surface area (Å²) in [5.74, 6) is -0.194. The first-order valence-electron chi connectivity index (χ1n) is 9.50. The Morgan fingerprint density at radius 1 is 1.10 bits per heavy atom. The van der Waals surface area contributed by atoms with Gasteiger partial charge in [0.05, 0.1) is 0 Å². The fourth-order valence-electron chi connectivity index (χ4n) is 3.78. The summed E-state index contributed by atoms with van der Waals surface area (Å²) in [5.41, 5.74) is 2.02. The number of hydrogen-bond acceptors (Lipinski definition) is 3. The lowest BCUT2D eigenvalue weighted by Gasteiger charge is -2.40. The molecule has 0 unspecified atom stereocenters. The van der Waals surface area contributed by atoms with E-state index in [-0.39, 0.29) is 23.4 Å². The van der Waals surface area contributed by atoms with E-state index in [1.807, 2.05) is 25.1 Å². The van der Waals surface area contributed by atoms with Gasteiger partial charge in [0.25, 0.3) is 11.8 Å². The zero-order chi connectivity index (χ0) is 20.5. The van der Waals surface area contributed by atoms with E-state index in [2.05, 4.69) is 16.5 Å². The molecule has 0 radical (unpaired) electrons. The highest BCUT2D eigenvalue weighted by atomic mass is 16.2. The molecule has 0 bridgehead atoms. The first kappa shape index (κ1) is 18.7. The van der Waals surface area contributed by atoms with E-state index in [1.165, 1.54) is 6.07 Å². The third kappa shape index (κ3) is 3.47. The van der Waals surface area contributed by atoms with Crippen LogP contribution in [-0.2, 0) is 4.79 Å². The summed E-state index contributed by atoms with van der Waals surface area (Å²) >= 11 is 0. The van der Waals surface area contributed by atoms with Crippen LogP contribution in [0.1, 0.15) is 22.8 Å². The zero-order valence-electron chi connectivity index (χ0n) is 16.1. The predicted octanol–water partition coefficient (Wildman–Crippen LogP) is 2.24. The first-order chi connectivity index (χ1) is 14.0. The molecule has 7 nitrogen and oxygen atoms in total. The topological polar surface area (TPSA) is 89.3 Å². The van der Waals surface area contributed by atoms with Crippen molar-refractivity contribution in [3.05, 3.63) is 76.7 Å². The molecular formula is C22H22N4O3. The molecular weight excluding hydrogens is 368 g/mol. The Balaban J connectivity index is 1.49. The monoisotopic (exact) mass is 390 g/mol. The maximum atomic E-state index is 13.1. The highest BCUT2D eigenvalue weighted by Gasteiger charge is 2.31. The van der Waals surface area contributed by atoms with Gasteiger partial charge < -0.3 is 19.8 Å². The Bertz CT molecular complexity index is 1150. The average Bonchev–Trinajstić information content (AvgIpc) is 3.15. The lowest BCUT2D eigenvalue weighted by Crippen LogP contribution is -2.55. The number of H-pyrrole nitrogens is 2. The Morgan fingerprint density at radius 2 is 1.86 bits per heavy atom. The minimum Gasteiger partial charge on any atom is -0.347 e. The van der Waals surface area contributed by atoms with Crippen molar-refractivity contribution in [2.45, 2.75) is 13.0 Å². The molecule has 0 spiro atoms. The molecule has 3 heterocycles. The van der Waals surface area contributed by atoms with Crippen molar-refractivity contribution in [3.8, 4) is 0 Å². The van der Waals surface area contributed by atoms with Crippen LogP contribution in [0, 0.1) is 0 Å². The number of fused-ring (bicyclic) bond motifs is 1. The number of piperazine rings is 1. The van der Waals surface area contributed by atoms with Crippen LogP contribution in [0.15, 0.2) is 60.0 Å². The van der Waals surface area contributed by atoms with Gasteiger partial charge in [-0.15, -0.1) is 0 Å². The number of nitrogens with zero attached hydrogens (tertiary/aromatic N) is 2. The van der Waals surface area contributed by atoms with Gasteiger partial charge >= 0.3 is 0 Å². The van der Waals surface area contributed by atoms with E-state index in [1.54, 1.807) is 34.2 Å². The molecule has 148 valence electrons. The first-order valence-corrected chi connectivity index (χ1v) is 9.50. The van der Waals surface area contributed by atoms with Gasteiger partial charge in [0.2, 0.25) is 5.56 Å². The van der Waals surface area contributed by atoms with Crippen LogP contribution in [0.4, 0.5) is 0 Å². The van der Waals surface area contributed by atoms with Crippen LogP contribution in [0.3, 0.4) is 0 Å². The van der Waals surface area contributed by atoms with Gasteiger partial charge in [0, 0.05) is 60.0 Å². The van der Waals surface area contributed by atoms with Crippen LogP contribution < -0.4 is 5.56 Å². The fraction of sp³-hybridized carbons (Fsp3) is 0.227. The number of aromatic nitrogens is 2. The summed E-state index contributed by atoms with van der Waals surface area (Å²) in [6.45, 7) is 7.31. The van der Waals surface area contributed by atoms with Crippen molar-refractivity contribution in [1.82, 2.24) is 19.8 Å². The van der Waals surface area contributed by atoms with Gasteiger partial charge in [0.15, 0.2) is 0 Å². The van der Waals surface area contributed by atoms with Gasteiger partial charge in [-0.05, 0) is 25.1 Å². The van der Waals surface area contributed by atoms with Gasteiger partial charge in [-0.3, -0.25) is 14.4 Å². The highest BCUT2D eigenvalue weighted by Crippen LogP contribution is 2.25. The number of carbonyl (C=O) groups is 2. The molecule has 7 heteroatoms. The minimum atomic E-state index is -0.212. The molecule has 2 N–H and O–H groups in total. The van der Waals surface area contributed by atoms with E-state index >= 15 is 0 Å². The average molecular weight is 390 g/mol. The number of aromatic amines is 2. The molecule has 1 fully saturated rings. The molecule has 1 aliphatic heterocycles. The molecule has 4 rings (SSSR count). The summed E-state index contributed by atoms with van der Waals surface area (Å²) in [5, 5.41) is 0.744. The molecule has 29 heavy (non-hydrogen) atoms. The minimum absolute atomic E-state index is 0.0241.